The van der Waals surface area contributed by atoms with Crippen molar-refractivity contribution in [3.05, 3.63) is 58.4 Å². The summed E-state index contributed by atoms with van der Waals surface area (Å²) in [7, 11) is 0. The maximum atomic E-state index is 10.9. The second-order valence-electron chi connectivity index (χ2n) is 4.23. The normalized spacial score (nSPS) is 10.1. The second-order valence-corrected chi connectivity index (χ2v) is 4.23. The highest BCUT2D eigenvalue weighted by Crippen LogP contribution is 2.25. The van der Waals surface area contributed by atoms with E-state index in [4.69, 9.17) is 9.84 Å². The third-order valence-electron chi connectivity index (χ3n) is 2.76. The summed E-state index contributed by atoms with van der Waals surface area (Å²) in [5.74, 6) is 0.637. The van der Waals surface area contributed by atoms with Crippen LogP contribution in [0, 0.1) is 10.1 Å². The molecule has 0 aliphatic carbocycles. The average molecular weight is 289 g/mol. The van der Waals surface area contributed by atoms with E-state index in [1.54, 1.807) is 30.6 Å². The van der Waals surface area contributed by atoms with Crippen molar-refractivity contribution in [3.63, 3.8) is 0 Å². The predicted octanol–water partition coefficient (Wildman–Crippen LogP) is 1.97. The molecule has 0 bridgehead atoms. The van der Waals surface area contributed by atoms with E-state index in [0.29, 0.717) is 30.2 Å². The van der Waals surface area contributed by atoms with Crippen molar-refractivity contribution < 1.29 is 14.8 Å². The Balaban J connectivity index is 1.94. The van der Waals surface area contributed by atoms with Gasteiger partial charge in [0.1, 0.15) is 18.0 Å². The van der Waals surface area contributed by atoms with E-state index < -0.39 is 4.92 Å². The van der Waals surface area contributed by atoms with Crippen LogP contribution >= 0.6 is 0 Å². The van der Waals surface area contributed by atoms with Gasteiger partial charge in [-0.1, -0.05) is 0 Å². The summed E-state index contributed by atoms with van der Waals surface area (Å²) in [6, 6.07) is 7.99. The molecule has 0 fully saturated rings. The van der Waals surface area contributed by atoms with Crippen molar-refractivity contribution in [1.82, 2.24) is 4.98 Å². The summed E-state index contributed by atoms with van der Waals surface area (Å²) in [5, 5.41) is 23.0. The Labute approximate surface area is 121 Å². The SMILES string of the molecule is O=[N+]([O-])c1ccc(CO)cc1NCCOc1cccnc1. The monoisotopic (exact) mass is 289 g/mol. The van der Waals surface area contributed by atoms with Crippen molar-refractivity contribution in [2.45, 2.75) is 6.61 Å². The zero-order chi connectivity index (χ0) is 15.1. The van der Waals surface area contributed by atoms with Crippen molar-refractivity contribution in [2.75, 3.05) is 18.5 Å². The number of aromatic nitrogens is 1. The molecule has 1 heterocycles. The third kappa shape index (κ3) is 4.15. The standard InChI is InChI=1S/C14H15N3O4/c18-10-11-3-4-14(17(19)20)13(8-11)16-6-7-21-12-2-1-5-15-9-12/h1-5,8-9,16,18H,6-7,10H2. The summed E-state index contributed by atoms with van der Waals surface area (Å²) in [6.07, 6.45) is 3.24. The lowest BCUT2D eigenvalue weighted by Crippen LogP contribution is -2.12. The Morgan fingerprint density at radius 3 is 2.90 bits per heavy atom. The number of benzene rings is 1. The molecule has 7 nitrogen and oxygen atoms in total. The fourth-order valence-electron chi connectivity index (χ4n) is 1.77. The van der Waals surface area contributed by atoms with Crippen LogP contribution in [0.15, 0.2) is 42.7 Å². The van der Waals surface area contributed by atoms with E-state index in [-0.39, 0.29) is 12.3 Å². The summed E-state index contributed by atoms with van der Waals surface area (Å²) >= 11 is 0. The van der Waals surface area contributed by atoms with Crippen LogP contribution in [0.3, 0.4) is 0 Å². The molecule has 0 unspecified atom stereocenters. The zero-order valence-electron chi connectivity index (χ0n) is 11.2. The van der Waals surface area contributed by atoms with Crippen molar-refractivity contribution in [2.24, 2.45) is 0 Å². The largest absolute Gasteiger partial charge is 0.490 e. The van der Waals surface area contributed by atoms with Gasteiger partial charge < -0.3 is 15.2 Å². The molecule has 2 N–H and O–H groups in total. The summed E-state index contributed by atoms with van der Waals surface area (Å²) in [4.78, 5) is 14.4. The lowest BCUT2D eigenvalue weighted by atomic mass is 10.2. The topological polar surface area (TPSA) is 97.5 Å². The lowest BCUT2D eigenvalue weighted by molar-refractivity contribution is -0.384. The van der Waals surface area contributed by atoms with Gasteiger partial charge in [0.25, 0.3) is 5.69 Å². The molecule has 0 saturated carbocycles. The van der Waals surface area contributed by atoms with E-state index in [1.807, 2.05) is 0 Å². The predicted molar refractivity (Wildman–Crippen MR) is 77.2 cm³/mol. The van der Waals surface area contributed by atoms with Crippen LogP contribution in [0.4, 0.5) is 11.4 Å². The summed E-state index contributed by atoms with van der Waals surface area (Å²) in [5.41, 5.74) is 0.936. The van der Waals surface area contributed by atoms with E-state index in [9.17, 15) is 10.1 Å². The molecule has 0 radical (unpaired) electrons. The van der Waals surface area contributed by atoms with Crippen LogP contribution in [-0.2, 0) is 6.61 Å². The highest BCUT2D eigenvalue weighted by atomic mass is 16.6. The molecular formula is C14H15N3O4. The van der Waals surface area contributed by atoms with E-state index in [0.717, 1.165) is 0 Å². The highest BCUT2D eigenvalue weighted by molar-refractivity contribution is 5.62. The number of anilines is 1. The number of nitrogens with zero attached hydrogens (tertiary/aromatic N) is 2. The van der Waals surface area contributed by atoms with Crippen molar-refractivity contribution in [1.29, 1.82) is 0 Å². The van der Waals surface area contributed by atoms with Crippen LogP contribution in [0.1, 0.15) is 5.56 Å². The van der Waals surface area contributed by atoms with Crippen LogP contribution in [-0.4, -0.2) is 28.2 Å². The molecule has 2 rings (SSSR count). The van der Waals surface area contributed by atoms with Crippen LogP contribution in [0.2, 0.25) is 0 Å². The number of rotatable bonds is 7. The number of ether oxygens (including phenoxy) is 1. The summed E-state index contributed by atoms with van der Waals surface area (Å²) in [6.45, 7) is 0.565. The second kappa shape index (κ2) is 7.20. The van der Waals surface area contributed by atoms with Crippen molar-refractivity contribution in [3.8, 4) is 5.75 Å². The fraction of sp³-hybridized carbons (Fsp3) is 0.214. The Morgan fingerprint density at radius 2 is 2.24 bits per heavy atom. The average Bonchev–Trinajstić information content (AvgIpc) is 2.52. The maximum Gasteiger partial charge on any atom is 0.292 e. The minimum atomic E-state index is -0.467. The minimum Gasteiger partial charge on any atom is -0.490 e. The molecule has 0 aliphatic heterocycles. The number of nitrogens with one attached hydrogen (secondary N) is 1. The number of nitro benzene ring substituents is 1. The molecule has 0 saturated heterocycles. The van der Waals surface area contributed by atoms with E-state index in [1.165, 1.54) is 12.1 Å². The van der Waals surface area contributed by atoms with Gasteiger partial charge >= 0.3 is 0 Å². The first-order valence-corrected chi connectivity index (χ1v) is 6.35. The molecule has 0 atom stereocenters. The number of hydrogen-bond acceptors (Lipinski definition) is 6. The first-order valence-electron chi connectivity index (χ1n) is 6.35. The molecule has 1 aromatic carbocycles. The maximum absolute atomic E-state index is 10.9. The van der Waals surface area contributed by atoms with Gasteiger partial charge in [0, 0.05) is 18.8 Å². The Morgan fingerprint density at radius 1 is 1.38 bits per heavy atom. The number of hydrogen-bond donors (Lipinski definition) is 2. The molecular weight excluding hydrogens is 274 g/mol. The molecule has 0 amide bonds. The van der Waals surface area contributed by atoms with Gasteiger partial charge in [-0.25, -0.2) is 0 Å². The van der Waals surface area contributed by atoms with Gasteiger partial charge in [0.05, 0.1) is 17.7 Å². The van der Waals surface area contributed by atoms with Crippen LogP contribution in [0.25, 0.3) is 0 Å². The fourth-order valence-corrected chi connectivity index (χ4v) is 1.77. The van der Waals surface area contributed by atoms with Crippen LogP contribution < -0.4 is 10.1 Å². The molecule has 2 aromatic rings. The van der Waals surface area contributed by atoms with Crippen LogP contribution in [0.5, 0.6) is 5.75 Å². The zero-order valence-corrected chi connectivity index (χ0v) is 11.2. The lowest BCUT2D eigenvalue weighted by Gasteiger charge is -2.09. The quantitative estimate of drug-likeness (QED) is 0.459. The van der Waals surface area contributed by atoms with E-state index in [2.05, 4.69) is 10.3 Å². The molecule has 110 valence electrons. The van der Waals surface area contributed by atoms with Gasteiger partial charge in [-0.15, -0.1) is 0 Å². The molecule has 1 aromatic heterocycles. The van der Waals surface area contributed by atoms with Gasteiger partial charge in [-0.05, 0) is 29.8 Å². The molecule has 21 heavy (non-hydrogen) atoms. The first-order chi connectivity index (χ1) is 10.2. The van der Waals surface area contributed by atoms with E-state index >= 15 is 0 Å². The number of pyridine rings is 1. The van der Waals surface area contributed by atoms with Gasteiger partial charge in [-0.2, -0.15) is 0 Å². The van der Waals surface area contributed by atoms with Gasteiger partial charge in [-0.3, -0.25) is 15.1 Å². The Kier molecular flexibility index (Phi) is 5.05. The molecule has 0 aliphatic rings. The van der Waals surface area contributed by atoms with Gasteiger partial charge in [0.15, 0.2) is 0 Å². The molecule has 7 heteroatoms. The highest BCUT2D eigenvalue weighted by Gasteiger charge is 2.13. The smallest absolute Gasteiger partial charge is 0.292 e. The number of aliphatic hydroxyl groups is 1. The first kappa shape index (κ1) is 14.7. The van der Waals surface area contributed by atoms with Crippen molar-refractivity contribution >= 4 is 11.4 Å². The number of aliphatic hydroxyl groups excluding tert-OH is 1. The molecule has 0 spiro atoms. The Hall–Kier alpha value is -2.67. The number of nitro groups is 1. The Bertz CT molecular complexity index is 604. The minimum absolute atomic E-state index is 0.0337. The van der Waals surface area contributed by atoms with Gasteiger partial charge in [0.2, 0.25) is 0 Å². The summed E-state index contributed by atoms with van der Waals surface area (Å²) < 4.78 is 5.44. The third-order valence-corrected chi connectivity index (χ3v) is 2.76.